The Balaban J connectivity index is 1.57. The Kier molecular flexibility index (Phi) is 7.18. The van der Waals surface area contributed by atoms with Gasteiger partial charge in [-0.1, -0.05) is 12.8 Å². The van der Waals surface area contributed by atoms with Crippen LogP contribution in [0.1, 0.15) is 32.6 Å². The molecule has 0 unspecified atom stereocenters. The summed E-state index contributed by atoms with van der Waals surface area (Å²) >= 11 is 0. The van der Waals surface area contributed by atoms with E-state index in [1.807, 2.05) is 6.07 Å². The number of likely N-dealkylation sites (tertiary alicyclic amines) is 1. The molecule has 4 rings (SSSR count). The van der Waals surface area contributed by atoms with Gasteiger partial charge in [0, 0.05) is 25.6 Å². The molecule has 2 aliphatic heterocycles. The van der Waals surface area contributed by atoms with E-state index in [1.54, 1.807) is 5.32 Å². The van der Waals surface area contributed by atoms with Crippen molar-refractivity contribution < 1.29 is 45.9 Å². The molecule has 4 atom stereocenters. The fraction of sp³-hybridized carbons (Fsp3) is 0.542. The van der Waals surface area contributed by atoms with E-state index < -0.39 is 77.4 Å². The van der Waals surface area contributed by atoms with Crippen LogP contribution in [0.4, 0.5) is 27.6 Å². The van der Waals surface area contributed by atoms with Gasteiger partial charge in [-0.25, -0.2) is 8.78 Å². The lowest BCUT2D eigenvalue weighted by Crippen LogP contribution is -2.57. The second-order valence-electron chi connectivity index (χ2n) is 9.96. The van der Waals surface area contributed by atoms with Gasteiger partial charge in [-0.05, 0) is 19.3 Å². The molecule has 0 bridgehead atoms. The molecule has 3 aliphatic rings. The molecule has 0 radical (unpaired) electrons. The summed E-state index contributed by atoms with van der Waals surface area (Å²) in [4.78, 5) is 52.9. The number of anilines is 1. The monoisotopic (exact) mass is 557 g/mol. The molecule has 2 heterocycles. The Labute approximate surface area is 219 Å². The number of nitrogens with zero attached hydrogens (tertiary/aromatic N) is 3. The summed E-state index contributed by atoms with van der Waals surface area (Å²) in [5.41, 5.74) is -2.25. The van der Waals surface area contributed by atoms with Crippen LogP contribution in [0.15, 0.2) is 12.1 Å². The van der Waals surface area contributed by atoms with Gasteiger partial charge in [-0.15, -0.1) is 0 Å². The van der Waals surface area contributed by atoms with Crippen molar-refractivity contribution in [2.45, 2.75) is 62.5 Å². The molecule has 2 fully saturated rings. The summed E-state index contributed by atoms with van der Waals surface area (Å²) in [7, 11) is 1.20. The molecule has 1 aromatic carbocycles. The molecule has 0 aromatic heterocycles. The minimum atomic E-state index is -5.22. The Morgan fingerprint density at radius 3 is 2.56 bits per heavy atom. The largest absolute Gasteiger partial charge is 0.473 e. The zero-order chi connectivity index (χ0) is 28.9. The fourth-order valence-electron chi connectivity index (χ4n) is 4.78. The highest BCUT2D eigenvalue weighted by atomic mass is 19.4. The molecule has 39 heavy (non-hydrogen) atoms. The van der Waals surface area contributed by atoms with Crippen molar-refractivity contribution in [3.63, 3.8) is 0 Å². The van der Waals surface area contributed by atoms with Crippen molar-refractivity contribution in [1.82, 2.24) is 15.1 Å². The highest BCUT2D eigenvalue weighted by Gasteiger charge is 2.57. The molecule has 1 aromatic rings. The SMILES string of the molecule is C[C@@H](NC(=O)C(F)(F)F)C(=O)N(C)[C@@H](CC1CC1)C(=O)N1C[C@@]2(C[C@H]1C#N)Oc1cc(F)cc(F)c1NC2=O. The van der Waals surface area contributed by atoms with Crippen LogP contribution in [0.2, 0.25) is 0 Å². The van der Waals surface area contributed by atoms with Crippen LogP contribution < -0.4 is 15.4 Å². The zero-order valence-corrected chi connectivity index (χ0v) is 20.8. The van der Waals surface area contributed by atoms with Crippen LogP contribution in [-0.4, -0.2) is 76.9 Å². The number of rotatable bonds is 6. The standard InChI is InChI=1S/C24H24F5N5O5/c1-11(31-22(38)24(27,28)29)19(35)33(2)16(5-12-3-4-12)20(36)34-10-23(8-14(34)9-30)21(37)32-18-15(26)6-13(25)7-17(18)39-23/h6-7,11-12,14,16H,3-5,8,10H2,1-2H3,(H,31,38)(H,32,37)/t11-,14+,16+,23-/m1/s1. The highest BCUT2D eigenvalue weighted by Crippen LogP contribution is 2.42. The number of benzene rings is 1. The molecule has 1 aliphatic carbocycles. The average Bonchev–Trinajstić information content (AvgIpc) is 3.60. The van der Waals surface area contributed by atoms with Gasteiger partial charge in [0.15, 0.2) is 11.6 Å². The number of halogens is 5. The van der Waals surface area contributed by atoms with Crippen LogP contribution in [0.5, 0.6) is 5.75 Å². The van der Waals surface area contributed by atoms with Gasteiger partial charge >= 0.3 is 12.1 Å². The van der Waals surface area contributed by atoms with Gasteiger partial charge in [0.05, 0.1) is 12.6 Å². The number of nitriles is 1. The highest BCUT2D eigenvalue weighted by molar-refractivity contribution is 6.02. The maximum atomic E-state index is 14.2. The van der Waals surface area contributed by atoms with Gasteiger partial charge in [0.25, 0.3) is 5.91 Å². The zero-order valence-electron chi connectivity index (χ0n) is 20.8. The predicted molar refractivity (Wildman–Crippen MR) is 122 cm³/mol. The summed E-state index contributed by atoms with van der Waals surface area (Å²) in [5, 5.41) is 13.6. The molecular formula is C24H24F5N5O5. The Hall–Kier alpha value is -3.96. The van der Waals surface area contributed by atoms with E-state index in [1.165, 1.54) is 7.05 Å². The van der Waals surface area contributed by atoms with E-state index in [9.17, 15) is 46.4 Å². The van der Waals surface area contributed by atoms with Crippen molar-refractivity contribution in [1.29, 1.82) is 5.26 Å². The van der Waals surface area contributed by atoms with E-state index in [0.29, 0.717) is 6.07 Å². The molecule has 2 N–H and O–H groups in total. The minimum Gasteiger partial charge on any atom is -0.473 e. The first-order valence-electron chi connectivity index (χ1n) is 12.0. The fourth-order valence-corrected chi connectivity index (χ4v) is 4.78. The number of amides is 4. The Morgan fingerprint density at radius 2 is 1.97 bits per heavy atom. The van der Waals surface area contributed by atoms with Crippen molar-refractivity contribution >= 4 is 29.3 Å². The maximum absolute atomic E-state index is 14.2. The number of fused-ring (bicyclic) bond motifs is 1. The topological polar surface area (TPSA) is 132 Å². The van der Waals surface area contributed by atoms with Gasteiger partial charge < -0.3 is 25.2 Å². The number of nitrogens with one attached hydrogen (secondary N) is 2. The van der Waals surface area contributed by atoms with Crippen molar-refractivity contribution in [3.05, 3.63) is 23.8 Å². The van der Waals surface area contributed by atoms with Crippen LogP contribution >= 0.6 is 0 Å². The second kappa shape index (κ2) is 9.97. The molecular weight excluding hydrogens is 533 g/mol. The Morgan fingerprint density at radius 1 is 1.31 bits per heavy atom. The van der Waals surface area contributed by atoms with Gasteiger partial charge in [0.1, 0.15) is 29.6 Å². The summed E-state index contributed by atoms with van der Waals surface area (Å²) < 4.78 is 71.6. The van der Waals surface area contributed by atoms with E-state index in [0.717, 1.165) is 35.6 Å². The van der Waals surface area contributed by atoms with E-state index >= 15 is 0 Å². The molecule has 15 heteroatoms. The molecule has 1 spiro atoms. The molecule has 1 saturated carbocycles. The number of alkyl halides is 3. The van der Waals surface area contributed by atoms with Gasteiger partial charge in [-0.3, -0.25) is 19.2 Å². The molecule has 10 nitrogen and oxygen atoms in total. The number of carbonyl (C=O) groups excluding carboxylic acids is 4. The number of hydrogen-bond donors (Lipinski definition) is 2. The van der Waals surface area contributed by atoms with Crippen LogP contribution in [-0.2, 0) is 19.2 Å². The average molecular weight is 557 g/mol. The maximum Gasteiger partial charge on any atom is 0.471 e. The first-order chi connectivity index (χ1) is 18.2. The summed E-state index contributed by atoms with van der Waals surface area (Å²) in [6.45, 7) is 0.553. The number of ether oxygens (including phenoxy) is 1. The van der Waals surface area contributed by atoms with Crippen LogP contribution in [0.3, 0.4) is 0 Å². The molecule has 4 amide bonds. The van der Waals surface area contributed by atoms with Crippen LogP contribution in [0, 0.1) is 28.9 Å². The summed E-state index contributed by atoms with van der Waals surface area (Å²) in [6.07, 6.45) is -3.93. The normalized spacial score (nSPS) is 23.7. The lowest BCUT2D eigenvalue weighted by Gasteiger charge is -2.36. The third-order valence-corrected chi connectivity index (χ3v) is 7.06. The van der Waals surface area contributed by atoms with E-state index in [2.05, 4.69) is 5.32 Å². The summed E-state index contributed by atoms with van der Waals surface area (Å²) in [5.74, 6) is -7.25. The quantitative estimate of drug-likeness (QED) is 0.514. The lowest BCUT2D eigenvalue weighted by molar-refractivity contribution is -0.175. The first kappa shape index (κ1) is 28.1. The number of hydrogen-bond acceptors (Lipinski definition) is 6. The third-order valence-electron chi connectivity index (χ3n) is 7.06. The van der Waals surface area contributed by atoms with Crippen molar-refractivity contribution in [2.75, 3.05) is 18.9 Å². The summed E-state index contributed by atoms with van der Waals surface area (Å²) in [6, 6.07) is -0.768. The van der Waals surface area contributed by atoms with Gasteiger partial charge in [0.2, 0.25) is 17.4 Å². The number of carbonyl (C=O) groups is 4. The van der Waals surface area contributed by atoms with E-state index in [4.69, 9.17) is 4.74 Å². The molecule has 210 valence electrons. The van der Waals surface area contributed by atoms with Crippen molar-refractivity contribution in [2.24, 2.45) is 5.92 Å². The van der Waals surface area contributed by atoms with Crippen molar-refractivity contribution in [3.8, 4) is 11.8 Å². The van der Waals surface area contributed by atoms with Crippen LogP contribution in [0.25, 0.3) is 0 Å². The minimum absolute atomic E-state index is 0.0402. The first-order valence-corrected chi connectivity index (χ1v) is 12.0. The number of likely N-dealkylation sites (N-methyl/N-ethyl adjacent to an activating group) is 1. The predicted octanol–water partition coefficient (Wildman–Crippen LogP) is 1.85. The molecule has 1 saturated heterocycles. The smallest absolute Gasteiger partial charge is 0.471 e. The lowest BCUT2D eigenvalue weighted by atomic mass is 9.97. The Bertz CT molecular complexity index is 1260. The van der Waals surface area contributed by atoms with Gasteiger partial charge in [-0.2, -0.15) is 18.4 Å². The second-order valence-corrected chi connectivity index (χ2v) is 9.96. The van der Waals surface area contributed by atoms with E-state index in [-0.39, 0.29) is 24.5 Å². The third kappa shape index (κ3) is 5.45.